The number of hydrogen-bond donors (Lipinski definition) is 0. The van der Waals surface area contributed by atoms with Gasteiger partial charge in [-0.3, -0.25) is 9.59 Å². The molecule has 0 N–H and O–H groups in total. The number of carbonyl (C=O) groups is 2. The molecule has 144 valence electrons. The minimum atomic E-state index is -0.293. The largest absolute Gasteiger partial charge is 0.369 e. The number of halogens is 1. The second-order valence-corrected chi connectivity index (χ2v) is 7.41. The Bertz CT molecular complexity index is 616. The highest BCUT2D eigenvalue weighted by Gasteiger charge is 2.33. The fourth-order valence-corrected chi connectivity index (χ4v) is 3.09. The van der Waals surface area contributed by atoms with Gasteiger partial charge in [0.15, 0.2) is 0 Å². The lowest BCUT2D eigenvalue weighted by Gasteiger charge is -2.34. The zero-order chi connectivity index (χ0) is 19.3. The lowest BCUT2D eigenvalue weighted by Crippen LogP contribution is -2.47. The van der Waals surface area contributed by atoms with Gasteiger partial charge in [0.25, 0.3) is 0 Å². The van der Waals surface area contributed by atoms with Crippen LogP contribution in [-0.4, -0.2) is 53.5 Å². The number of hydrogen-bond acceptors (Lipinski definition) is 3. The summed E-state index contributed by atoms with van der Waals surface area (Å²) < 4.78 is 18.6. The second kappa shape index (κ2) is 9.12. The average molecular weight is 364 g/mol. The third-order valence-electron chi connectivity index (χ3n) is 4.65. The molecular formula is C20H29FN2O3. The number of nitrogens with zero attached hydrogens (tertiary/aromatic N) is 2. The van der Waals surface area contributed by atoms with E-state index in [1.807, 2.05) is 32.6 Å². The Morgan fingerprint density at radius 2 is 1.88 bits per heavy atom. The fourth-order valence-electron chi connectivity index (χ4n) is 3.09. The Labute approximate surface area is 155 Å². The van der Waals surface area contributed by atoms with E-state index in [9.17, 15) is 14.0 Å². The summed E-state index contributed by atoms with van der Waals surface area (Å²) in [6.07, 6.45) is 0.279. The summed E-state index contributed by atoms with van der Waals surface area (Å²) in [5.41, 5.74) is 0.883. The first kappa shape index (κ1) is 20.4. The van der Waals surface area contributed by atoms with E-state index in [0.717, 1.165) is 5.56 Å². The molecule has 0 bridgehead atoms. The van der Waals surface area contributed by atoms with E-state index >= 15 is 0 Å². The van der Waals surface area contributed by atoms with Gasteiger partial charge in [-0.15, -0.1) is 0 Å². The molecule has 2 amide bonds. The quantitative estimate of drug-likeness (QED) is 0.780. The van der Waals surface area contributed by atoms with Crippen molar-refractivity contribution in [3.63, 3.8) is 0 Å². The summed E-state index contributed by atoms with van der Waals surface area (Å²) in [6.45, 7) is 9.23. The first-order valence-corrected chi connectivity index (χ1v) is 9.21. The summed E-state index contributed by atoms with van der Waals surface area (Å²) >= 11 is 0. The summed E-state index contributed by atoms with van der Waals surface area (Å²) in [6, 6.07) is 6.12. The second-order valence-electron chi connectivity index (χ2n) is 7.41. The van der Waals surface area contributed by atoms with Crippen LogP contribution in [0.5, 0.6) is 0 Å². The molecule has 26 heavy (non-hydrogen) atoms. The molecule has 6 heteroatoms. The Morgan fingerprint density at radius 3 is 2.46 bits per heavy atom. The van der Waals surface area contributed by atoms with Crippen molar-refractivity contribution in [3.05, 3.63) is 35.6 Å². The molecule has 1 saturated heterocycles. The van der Waals surface area contributed by atoms with Gasteiger partial charge in [0, 0.05) is 26.1 Å². The molecule has 2 rings (SSSR count). The van der Waals surface area contributed by atoms with E-state index in [2.05, 4.69) is 0 Å². The van der Waals surface area contributed by atoms with Gasteiger partial charge in [0.05, 0.1) is 12.1 Å². The van der Waals surface area contributed by atoms with Crippen LogP contribution in [0.2, 0.25) is 0 Å². The van der Waals surface area contributed by atoms with E-state index in [4.69, 9.17) is 4.74 Å². The van der Waals surface area contributed by atoms with Crippen LogP contribution in [0.15, 0.2) is 24.3 Å². The number of benzene rings is 1. The van der Waals surface area contributed by atoms with Gasteiger partial charge in [-0.25, -0.2) is 4.39 Å². The van der Waals surface area contributed by atoms with Gasteiger partial charge in [0.2, 0.25) is 11.8 Å². The molecule has 1 aliphatic rings. The number of rotatable bonds is 6. The highest BCUT2D eigenvalue weighted by Crippen LogP contribution is 2.21. The molecule has 1 aromatic rings. The average Bonchev–Trinajstić information content (AvgIpc) is 2.75. The first-order chi connectivity index (χ1) is 12.3. The van der Waals surface area contributed by atoms with Crippen molar-refractivity contribution in [3.8, 4) is 0 Å². The topological polar surface area (TPSA) is 49.9 Å². The van der Waals surface area contributed by atoms with Gasteiger partial charge in [-0.2, -0.15) is 0 Å². The standard InChI is InChI=1S/C20H29FN2O3/c1-14(2)18-12-22(20(25)13-26-15(3)4)10-9-19(24)23(18)11-16-5-7-17(21)8-6-16/h5-8,14-15,18H,9-13H2,1-4H3/t18-/m1/s1. The van der Waals surface area contributed by atoms with E-state index < -0.39 is 0 Å². The summed E-state index contributed by atoms with van der Waals surface area (Å²) in [5, 5.41) is 0. The number of ether oxygens (including phenoxy) is 1. The van der Waals surface area contributed by atoms with Gasteiger partial charge in [-0.05, 0) is 37.5 Å². The summed E-state index contributed by atoms with van der Waals surface area (Å²) in [4.78, 5) is 28.7. The van der Waals surface area contributed by atoms with E-state index in [1.165, 1.54) is 12.1 Å². The normalized spacial score (nSPS) is 18.6. The molecule has 1 heterocycles. The van der Waals surface area contributed by atoms with Gasteiger partial charge >= 0.3 is 0 Å². The van der Waals surface area contributed by atoms with Crippen LogP contribution in [0.3, 0.4) is 0 Å². The van der Waals surface area contributed by atoms with Crippen LogP contribution in [0.4, 0.5) is 4.39 Å². The molecule has 0 saturated carbocycles. The van der Waals surface area contributed by atoms with Crippen molar-refractivity contribution in [2.75, 3.05) is 19.7 Å². The van der Waals surface area contributed by atoms with Crippen LogP contribution in [0.25, 0.3) is 0 Å². The molecule has 1 atom stereocenters. The summed E-state index contributed by atoms with van der Waals surface area (Å²) in [5.74, 6) is -0.161. The highest BCUT2D eigenvalue weighted by atomic mass is 19.1. The SMILES string of the molecule is CC(C)OCC(=O)N1CCC(=O)N(Cc2ccc(F)cc2)[C@@H](C(C)C)C1. The van der Waals surface area contributed by atoms with E-state index in [0.29, 0.717) is 19.6 Å². The predicted octanol–water partition coefficient (Wildman–Crippen LogP) is 2.84. The molecule has 0 spiro atoms. The van der Waals surface area contributed by atoms with E-state index in [-0.39, 0.29) is 48.7 Å². The molecule has 0 unspecified atom stereocenters. The molecular weight excluding hydrogens is 335 g/mol. The van der Waals surface area contributed by atoms with Gasteiger partial charge in [-0.1, -0.05) is 26.0 Å². The lowest BCUT2D eigenvalue weighted by atomic mass is 10.0. The van der Waals surface area contributed by atoms with Crippen molar-refractivity contribution >= 4 is 11.8 Å². The van der Waals surface area contributed by atoms with Crippen LogP contribution < -0.4 is 0 Å². The lowest BCUT2D eigenvalue weighted by molar-refractivity contribution is -0.138. The molecule has 5 nitrogen and oxygen atoms in total. The molecule has 0 aliphatic carbocycles. The molecule has 1 fully saturated rings. The Kier molecular flexibility index (Phi) is 7.14. The van der Waals surface area contributed by atoms with Gasteiger partial charge < -0.3 is 14.5 Å². The molecule has 1 aliphatic heterocycles. The third-order valence-corrected chi connectivity index (χ3v) is 4.65. The zero-order valence-electron chi connectivity index (χ0n) is 16.1. The first-order valence-electron chi connectivity index (χ1n) is 9.21. The maximum absolute atomic E-state index is 13.1. The van der Waals surface area contributed by atoms with E-state index in [1.54, 1.807) is 17.0 Å². The molecule has 0 radical (unpaired) electrons. The predicted molar refractivity (Wildman–Crippen MR) is 97.9 cm³/mol. The van der Waals surface area contributed by atoms with Crippen molar-refractivity contribution in [1.29, 1.82) is 0 Å². The Balaban J connectivity index is 2.14. The van der Waals surface area contributed by atoms with Crippen molar-refractivity contribution in [1.82, 2.24) is 9.80 Å². The van der Waals surface area contributed by atoms with Crippen LogP contribution in [-0.2, 0) is 20.9 Å². The summed E-state index contributed by atoms with van der Waals surface area (Å²) in [7, 11) is 0. The zero-order valence-corrected chi connectivity index (χ0v) is 16.1. The van der Waals surface area contributed by atoms with Crippen molar-refractivity contribution < 1.29 is 18.7 Å². The van der Waals surface area contributed by atoms with Gasteiger partial charge in [0.1, 0.15) is 12.4 Å². The smallest absolute Gasteiger partial charge is 0.248 e. The Hall–Kier alpha value is -1.95. The van der Waals surface area contributed by atoms with Crippen molar-refractivity contribution in [2.24, 2.45) is 5.92 Å². The number of amides is 2. The molecule has 1 aromatic carbocycles. The fraction of sp³-hybridized carbons (Fsp3) is 0.600. The minimum Gasteiger partial charge on any atom is -0.369 e. The van der Waals surface area contributed by atoms with Crippen LogP contribution >= 0.6 is 0 Å². The van der Waals surface area contributed by atoms with Crippen molar-refractivity contribution in [2.45, 2.75) is 52.8 Å². The Morgan fingerprint density at radius 1 is 1.23 bits per heavy atom. The highest BCUT2D eigenvalue weighted by molar-refractivity contribution is 5.81. The maximum atomic E-state index is 13.1. The minimum absolute atomic E-state index is 0.0107. The molecule has 0 aromatic heterocycles. The third kappa shape index (κ3) is 5.53. The monoisotopic (exact) mass is 364 g/mol. The van der Waals surface area contributed by atoms with Crippen LogP contribution in [0.1, 0.15) is 39.7 Å². The van der Waals surface area contributed by atoms with Crippen LogP contribution in [0, 0.1) is 11.7 Å². The maximum Gasteiger partial charge on any atom is 0.248 e. The number of carbonyl (C=O) groups excluding carboxylic acids is 2.